The second-order valence-electron chi connectivity index (χ2n) is 4.10. The number of hydrogen-bond acceptors (Lipinski definition) is 3. The van der Waals surface area contributed by atoms with E-state index in [-0.39, 0.29) is 5.78 Å². The summed E-state index contributed by atoms with van der Waals surface area (Å²) in [4.78, 5) is 16.5. The minimum Gasteiger partial charge on any atom is -0.334 e. The molecule has 0 amide bonds. The summed E-state index contributed by atoms with van der Waals surface area (Å²) < 4.78 is 2.14. The zero-order valence-electron chi connectivity index (χ0n) is 10.6. The predicted octanol–water partition coefficient (Wildman–Crippen LogP) is 3.19. The van der Waals surface area contributed by atoms with Gasteiger partial charge in [-0.1, -0.05) is 12.1 Å². The SMILES string of the molecule is CC(=O)c1ccc(SCCn2ccnc2C)cc1. The van der Waals surface area contributed by atoms with Crippen LogP contribution in [0.2, 0.25) is 0 Å². The number of benzene rings is 1. The molecule has 4 heteroatoms. The summed E-state index contributed by atoms with van der Waals surface area (Å²) >= 11 is 1.79. The summed E-state index contributed by atoms with van der Waals surface area (Å²) in [6.45, 7) is 4.54. The molecule has 3 nitrogen and oxygen atoms in total. The van der Waals surface area contributed by atoms with Crippen molar-refractivity contribution in [3.63, 3.8) is 0 Å². The van der Waals surface area contributed by atoms with Crippen LogP contribution in [0.5, 0.6) is 0 Å². The van der Waals surface area contributed by atoms with Gasteiger partial charge in [0, 0.05) is 35.2 Å². The summed E-state index contributed by atoms with van der Waals surface area (Å²) in [5.74, 6) is 2.15. The number of rotatable bonds is 5. The maximum atomic E-state index is 11.1. The molecule has 18 heavy (non-hydrogen) atoms. The number of thioether (sulfide) groups is 1. The molecule has 0 aliphatic heterocycles. The van der Waals surface area contributed by atoms with Crippen molar-refractivity contribution in [1.29, 1.82) is 0 Å². The number of imidazole rings is 1. The van der Waals surface area contributed by atoms with E-state index in [2.05, 4.69) is 9.55 Å². The van der Waals surface area contributed by atoms with Gasteiger partial charge in [-0.15, -0.1) is 11.8 Å². The Bertz CT molecular complexity index is 531. The largest absolute Gasteiger partial charge is 0.334 e. The molecule has 0 unspecified atom stereocenters. The van der Waals surface area contributed by atoms with E-state index < -0.39 is 0 Å². The molecule has 0 saturated heterocycles. The number of aryl methyl sites for hydroxylation is 2. The summed E-state index contributed by atoms with van der Waals surface area (Å²) in [6.07, 6.45) is 3.82. The smallest absolute Gasteiger partial charge is 0.159 e. The highest BCUT2D eigenvalue weighted by Crippen LogP contribution is 2.19. The van der Waals surface area contributed by atoms with E-state index in [1.807, 2.05) is 43.6 Å². The summed E-state index contributed by atoms with van der Waals surface area (Å²) in [5, 5.41) is 0. The van der Waals surface area contributed by atoms with Crippen molar-refractivity contribution in [3.05, 3.63) is 48.0 Å². The van der Waals surface area contributed by atoms with Crippen molar-refractivity contribution in [1.82, 2.24) is 9.55 Å². The topological polar surface area (TPSA) is 34.9 Å². The number of nitrogens with zero attached hydrogens (tertiary/aromatic N) is 2. The van der Waals surface area contributed by atoms with Gasteiger partial charge in [0.1, 0.15) is 5.82 Å². The van der Waals surface area contributed by atoms with E-state index in [4.69, 9.17) is 0 Å². The molecule has 1 heterocycles. The first-order valence-electron chi connectivity index (χ1n) is 5.88. The maximum absolute atomic E-state index is 11.1. The molecule has 94 valence electrons. The zero-order chi connectivity index (χ0) is 13.0. The van der Waals surface area contributed by atoms with Crippen molar-refractivity contribution in [2.24, 2.45) is 0 Å². The number of ketones is 1. The molecule has 0 atom stereocenters. The molecule has 0 N–H and O–H groups in total. The fourth-order valence-electron chi connectivity index (χ4n) is 1.69. The summed E-state index contributed by atoms with van der Waals surface area (Å²) in [7, 11) is 0. The van der Waals surface area contributed by atoms with Gasteiger partial charge in [0.25, 0.3) is 0 Å². The highest BCUT2D eigenvalue weighted by Gasteiger charge is 2.00. The van der Waals surface area contributed by atoms with Gasteiger partial charge in [-0.05, 0) is 26.0 Å². The van der Waals surface area contributed by atoms with Crippen LogP contribution in [-0.2, 0) is 6.54 Å². The normalized spacial score (nSPS) is 10.6. The van der Waals surface area contributed by atoms with E-state index in [0.717, 1.165) is 23.7 Å². The Balaban J connectivity index is 1.87. The van der Waals surface area contributed by atoms with E-state index >= 15 is 0 Å². The number of aromatic nitrogens is 2. The molecular formula is C14H16N2OS. The van der Waals surface area contributed by atoms with Crippen LogP contribution in [-0.4, -0.2) is 21.1 Å². The molecule has 0 spiro atoms. The molecule has 0 fully saturated rings. The molecule has 2 aromatic rings. The first kappa shape index (κ1) is 12.9. The van der Waals surface area contributed by atoms with Crippen LogP contribution in [0.25, 0.3) is 0 Å². The number of carbonyl (C=O) groups excluding carboxylic acids is 1. The van der Waals surface area contributed by atoms with Gasteiger partial charge < -0.3 is 4.57 Å². The fraction of sp³-hybridized carbons (Fsp3) is 0.286. The van der Waals surface area contributed by atoms with Crippen LogP contribution in [0.1, 0.15) is 23.1 Å². The minimum absolute atomic E-state index is 0.112. The van der Waals surface area contributed by atoms with Crippen molar-refractivity contribution >= 4 is 17.5 Å². The second kappa shape index (κ2) is 5.87. The van der Waals surface area contributed by atoms with Gasteiger partial charge in [-0.25, -0.2) is 4.98 Å². The lowest BCUT2D eigenvalue weighted by atomic mass is 10.2. The van der Waals surface area contributed by atoms with E-state index in [9.17, 15) is 4.79 Å². The fourth-order valence-corrected chi connectivity index (χ4v) is 2.54. The van der Waals surface area contributed by atoms with Crippen LogP contribution < -0.4 is 0 Å². The first-order valence-corrected chi connectivity index (χ1v) is 6.87. The van der Waals surface area contributed by atoms with Gasteiger partial charge in [0.05, 0.1) is 0 Å². The Morgan fingerprint density at radius 1 is 1.33 bits per heavy atom. The highest BCUT2D eigenvalue weighted by molar-refractivity contribution is 7.99. The average Bonchev–Trinajstić information content (AvgIpc) is 2.76. The van der Waals surface area contributed by atoms with Crippen LogP contribution in [0.15, 0.2) is 41.6 Å². The molecular weight excluding hydrogens is 244 g/mol. The lowest BCUT2D eigenvalue weighted by molar-refractivity contribution is 0.101. The molecule has 0 bridgehead atoms. The van der Waals surface area contributed by atoms with Crippen LogP contribution in [0.3, 0.4) is 0 Å². The van der Waals surface area contributed by atoms with Gasteiger partial charge in [0.2, 0.25) is 0 Å². The van der Waals surface area contributed by atoms with E-state index in [0.29, 0.717) is 0 Å². The Kier molecular flexibility index (Phi) is 4.20. The molecule has 0 saturated carbocycles. The predicted molar refractivity (Wildman–Crippen MR) is 74.1 cm³/mol. The maximum Gasteiger partial charge on any atom is 0.159 e. The van der Waals surface area contributed by atoms with Crippen LogP contribution >= 0.6 is 11.8 Å². The molecule has 0 radical (unpaired) electrons. The van der Waals surface area contributed by atoms with Crippen molar-refractivity contribution < 1.29 is 4.79 Å². The van der Waals surface area contributed by atoms with Crippen LogP contribution in [0, 0.1) is 6.92 Å². The number of carbonyl (C=O) groups is 1. The number of Topliss-reactive ketones (excluding diaryl/α,β-unsaturated/α-hetero) is 1. The standard InChI is InChI=1S/C14H16N2OS/c1-11(17)13-3-5-14(6-4-13)18-10-9-16-8-7-15-12(16)2/h3-8H,9-10H2,1-2H3. The Labute approximate surface area is 111 Å². The summed E-state index contributed by atoms with van der Waals surface area (Å²) in [5.41, 5.74) is 0.768. The molecule has 1 aromatic carbocycles. The Morgan fingerprint density at radius 3 is 2.61 bits per heavy atom. The Morgan fingerprint density at radius 2 is 2.06 bits per heavy atom. The lowest BCUT2D eigenvalue weighted by Crippen LogP contribution is -2.01. The third-order valence-electron chi connectivity index (χ3n) is 2.79. The molecule has 0 aliphatic carbocycles. The summed E-state index contributed by atoms with van der Waals surface area (Å²) in [6, 6.07) is 7.77. The number of hydrogen-bond donors (Lipinski definition) is 0. The van der Waals surface area contributed by atoms with Gasteiger partial charge in [0.15, 0.2) is 5.78 Å². The monoisotopic (exact) mass is 260 g/mol. The van der Waals surface area contributed by atoms with Crippen molar-refractivity contribution in [2.45, 2.75) is 25.3 Å². The highest BCUT2D eigenvalue weighted by atomic mass is 32.2. The molecule has 0 aliphatic rings. The second-order valence-corrected chi connectivity index (χ2v) is 5.27. The van der Waals surface area contributed by atoms with Gasteiger partial charge in [-0.3, -0.25) is 4.79 Å². The minimum atomic E-state index is 0.112. The van der Waals surface area contributed by atoms with Crippen molar-refractivity contribution in [2.75, 3.05) is 5.75 Å². The average molecular weight is 260 g/mol. The third-order valence-corrected chi connectivity index (χ3v) is 3.78. The van der Waals surface area contributed by atoms with Gasteiger partial charge >= 0.3 is 0 Å². The van der Waals surface area contributed by atoms with E-state index in [1.165, 1.54) is 4.90 Å². The van der Waals surface area contributed by atoms with Crippen LogP contribution in [0.4, 0.5) is 0 Å². The first-order chi connectivity index (χ1) is 8.66. The lowest BCUT2D eigenvalue weighted by Gasteiger charge is -2.05. The van der Waals surface area contributed by atoms with Gasteiger partial charge in [-0.2, -0.15) is 0 Å². The Hall–Kier alpha value is -1.55. The quantitative estimate of drug-likeness (QED) is 0.611. The third kappa shape index (κ3) is 3.23. The zero-order valence-corrected chi connectivity index (χ0v) is 11.4. The molecule has 1 aromatic heterocycles. The van der Waals surface area contributed by atoms with Crippen molar-refractivity contribution in [3.8, 4) is 0 Å². The van der Waals surface area contributed by atoms with E-state index in [1.54, 1.807) is 18.7 Å². The molecule has 2 rings (SSSR count).